The predicted octanol–water partition coefficient (Wildman–Crippen LogP) is 4.49. The number of alkyl halides is 3. The zero-order valence-electron chi connectivity index (χ0n) is 18.4. The Hall–Kier alpha value is -2.09. The second kappa shape index (κ2) is 7.75. The summed E-state index contributed by atoms with van der Waals surface area (Å²) < 4.78 is 54.8. The summed E-state index contributed by atoms with van der Waals surface area (Å²) in [5, 5.41) is 6.50. The first-order chi connectivity index (χ1) is 15.3. The van der Waals surface area contributed by atoms with Crippen molar-refractivity contribution in [2.75, 3.05) is 26.8 Å². The number of fused-ring (bicyclic) bond motifs is 2. The number of methoxy groups -OCH3 is 1. The minimum absolute atomic E-state index is 0.0533. The van der Waals surface area contributed by atoms with Crippen LogP contribution in [-0.4, -0.2) is 33.0 Å². The Labute approximate surface area is 186 Å². The highest BCUT2D eigenvalue weighted by Gasteiger charge is 2.64. The van der Waals surface area contributed by atoms with Crippen molar-refractivity contribution in [1.82, 2.24) is 10.6 Å². The largest absolute Gasteiger partial charge is 0.496 e. The van der Waals surface area contributed by atoms with Gasteiger partial charge in [0, 0.05) is 23.6 Å². The maximum atomic E-state index is 14.6. The van der Waals surface area contributed by atoms with Crippen molar-refractivity contribution >= 4 is 0 Å². The van der Waals surface area contributed by atoms with Gasteiger partial charge in [-0.3, -0.25) is 5.32 Å². The molecule has 3 aliphatic rings. The normalized spacial score (nSPS) is 28.5. The van der Waals surface area contributed by atoms with Gasteiger partial charge in [-0.15, -0.1) is 0 Å². The van der Waals surface area contributed by atoms with Crippen LogP contribution in [0.1, 0.15) is 41.6 Å². The van der Waals surface area contributed by atoms with Gasteiger partial charge in [-0.2, -0.15) is 13.2 Å². The molecule has 0 aromatic heterocycles. The molecule has 1 aliphatic carbocycles. The monoisotopic (exact) mass is 446 g/mol. The Morgan fingerprint density at radius 2 is 1.97 bits per heavy atom. The third-order valence-electron chi connectivity index (χ3n) is 7.73. The lowest BCUT2D eigenvalue weighted by Gasteiger charge is -2.38. The van der Waals surface area contributed by atoms with Gasteiger partial charge < -0.3 is 14.8 Å². The van der Waals surface area contributed by atoms with Crippen LogP contribution >= 0.6 is 0 Å². The standard InChI is InChI=1S/C25H29F3N2O2/c1-23(25(26,27)28,20-10-18-14-32-9-8-17(18)11-21(20)31-2)30-15-24-12-19(24)13-29-22(24)16-6-4-3-5-7-16/h3-7,10-11,19,22,29-30H,8-9,12-15H2,1-2H3. The number of ether oxygens (including phenoxy) is 2. The van der Waals surface area contributed by atoms with Gasteiger partial charge in [0.2, 0.25) is 0 Å². The molecule has 7 heteroatoms. The summed E-state index contributed by atoms with van der Waals surface area (Å²) in [5.74, 6) is 0.656. The molecule has 2 aliphatic heterocycles. The minimum atomic E-state index is -4.50. The Balaban J connectivity index is 1.48. The first-order valence-electron chi connectivity index (χ1n) is 11.2. The van der Waals surface area contributed by atoms with E-state index in [-0.39, 0.29) is 29.3 Å². The molecule has 5 rings (SSSR count). The van der Waals surface area contributed by atoms with Crippen LogP contribution in [0.2, 0.25) is 0 Å². The van der Waals surface area contributed by atoms with E-state index in [2.05, 4.69) is 22.8 Å². The maximum absolute atomic E-state index is 14.6. The SMILES string of the molecule is COc1cc2c(cc1C(C)(NCC13CC1CNC3c1ccccc1)C(F)(F)F)COCC2. The zero-order valence-corrected chi connectivity index (χ0v) is 18.4. The number of benzene rings is 2. The molecule has 2 N–H and O–H groups in total. The smallest absolute Gasteiger partial charge is 0.410 e. The Morgan fingerprint density at radius 1 is 1.19 bits per heavy atom. The van der Waals surface area contributed by atoms with Crippen LogP contribution in [-0.2, 0) is 23.3 Å². The van der Waals surface area contributed by atoms with Gasteiger partial charge in [-0.25, -0.2) is 0 Å². The van der Waals surface area contributed by atoms with Crippen molar-refractivity contribution in [3.63, 3.8) is 0 Å². The quantitative estimate of drug-likeness (QED) is 0.687. The molecule has 1 saturated carbocycles. The molecule has 4 nitrogen and oxygen atoms in total. The lowest BCUT2D eigenvalue weighted by molar-refractivity contribution is -0.196. The van der Waals surface area contributed by atoms with Crippen molar-refractivity contribution in [2.45, 2.75) is 44.1 Å². The second-order valence-corrected chi connectivity index (χ2v) is 9.49. The fraction of sp³-hybridized carbons (Fsp3) is 0.520. The van der Waals surface area contributed by atoms with E-state index in [1.165, 1.54) is 14.0 Å². The summed E-state index contributed by atoms with van der Waals surface area (Å²) in [6.07, 6.45) is -2.90. The fourth-order valence-electron chi connectivity index (χ4n) is 5.55. The van der Waals surface area contributed by atoms with Gasteiger partial charge in [-0.05, 0) is 61.1 Å². The summed E-state index contributed by atoms with van der Waals surface area (Å²) in [6.45, 7) is 3.24. The highest BCUT2D eigenvalue weighted by Crippen LogP contribution is 2.63. The number of nitrogens with one attached hydrogen (secondary N) is 2. The molecule has 2 aromatic carbocycles. The van der Waals surface area contributed by atoms with Gasteiger partial charge >= 0.3 is 6.18 Å². The average molecular weight is 447 g/mol. The van der Waals surface area contributed by atoms with Crippen LogP contribution in [0.4, 0.5) is 13.2 Å². The van der Waals surface area contributed by atoms with Crippen molar-refractivity contribution in [3.8, 4) is 5.75 Å². The molecule has 2 heterocycles. The van der Waals surface area contributed by atoms with Crippen LogP contribution in [0.15, 0.2) is 42.5 Å². The average Bonchev–Trinajstić information content (AvgIpc) is 3.39. The van der Waals surface area contributed by atoms with Gasteiger partial charge in [-0.1, -0.05) is 30.3 Å². The van der Waals surface area contributed by atoms with E-state index in [0.29, 0.717) is 25.6 Å². The first kappa shape index (κ1) is 21.7. The molecule has 0 amide bonds. The highest BCUT2D eigenvalue weighted by atomic mass is 19.4. The maximum Gasteiger partial charge on any atom is 0.410 e. The van der Waals surface area contributed by atoms with E-state index in [1.54, 1.807) is 12.1 Å². The summed E-state index contributed by atoms with van der Waals surface area (Å²) >= 11 is 0. The minimum Gasteiger partial charge on any atom is -0.496 e. The Morgan fingerprint density at radius 3 is 2.66 bits per heavy atom. The van der Waals surface area contributed by atoms with E-state index < -0.39 is 11.7 Å². The van der Waals surface area contributed by atoms with Gasteiger partial charge in [0.05, 0.1) is 20.3 Å². The Bertz CT molecular complexity index is 997. The van der Waals surface area contributed by atoms with Crippen LogP contribution in [0.25, 0.3) is 0 Å². The third kappa shape index (κ3) is 3.42. The molecule has 1 saturated heterocycles. The number of hydrogen-bond acceptors (Lipinski definition) is 4. The van der Waals surface area contributed by atoms with Crippen molar-refractivity contribution in [2.24, 2.45) is 11.3 Å². The highest BCUT2D eigenvalue weighted by molar-refractivity contribution is 5.48. The summed E-state index contributed by atoms with van der Waals surface area (Å²) in [4.78, 5) is 0. The molecule has 2 aromatic rings. The van der Waals surface area contributed by atoms with Crippen molar-refractivity contribution in [3.05, 3.63) is 64.7 Å². The Kier molecular flexibility index (Phi) is 5.26. The van der Waals surface area contributed by atoms with E-state index in [4.69, 9.17) is 9.47 Å². The fourth-order valence-corrected chi connectivity index (χ4v) is 5.55. The van der Waals surface area contributed by atoms with Crippen LogP contribution in [0.5, 0.6) is 5.75 Å². The summed E-state index contributed by atoms with van der Waals surface area (Å²) in [5.41, 5.74) is 0.594. The van der Waals surface area contributed by atoms with Gasteiger partial charge in [0.25, 0.3) is 0 Å². The predicted molar refractivity (Wildman–Crippen MR) is 115 cm³/mol. The second-order valence-electron chi connectivity index (χ2n) is 9.49. The molecule has 4 atom stereocenters. The lowest BCUT2D eigenvalue weighted by Crippen LogP contribution is -2.54. The molecule has 172 valence electrons. The molecule has 0 spiro atoms. The van der Waals surface area contributed by atoms with E-state index in [0.717, 1.165) is 29.7 Å². The number of hydrogen-bond donors (Lipinski definition) is 2. The first-order valence-corrected chi connectivity index (χ1v) is 11.2. The molecule has 2 fully saturated rings. The van der Waals surface area contributed by atoms with E-state index in [9.17, 15) is 13.2 Å². The van der Waals surface area contributed by atoms with E-state index >= 15 is 0 Å². The number of piperidine rings is 1. The molecule has 4 unspecified atom stereocenters. The summed E-state index contributed by atoms with van der Waals surface area (Å²) in [6, 6.07) is 13.4. The number of halogens is 3. The van der Waals surface area contributed by atoms with Crippen LogP contribution in [0.3, 0.4) is 0 Å². The van der Waals surface area contributed by atoms with Crippen LogP contribution in [0, 0.1) is 11.3 Å². The van der Waals surface area contributed by atoms with Crippen molar-refractivity contribution in [1.29, 1.82) is 0 Å². The number of rotatable bonds is 6. The molecule has 0 bridgehead atoms. The topological polar surface area (TPSA) is 42.5 Å². The third-order valence-corrected chi connectivity index (χ3v) is 7.73. The van der Waals surface area contributed by atoms with Crippen molar-refractivity contribution < 1.29 is 22.6 Å². The molecule has 32 heavy (non-hydrogen) atoms. The molecular weight excluding hydrogens is 417 g/mol. The molecule has 0 radical (unpaired) electrons. The lowest BCUT2D eigenvalue weighted by atomic mass is 9.84. The van der Waals surface area contributed by atoms with Gasteiger partial charge in [0.15, 0.2) is 0 Å². The zero-order chi connectivity index (χ0) is 22.6. The van der Waals surface area contributed by atoms with Gasteiger partial charge in [0.1, 0.15) is 11.3 Å². The van der Waals surface area contributed by atoms with E-state index in [1.807, 2.05) is 18.2 Å². The molecular formula is C25H29F3N2O2. The van der Waals surface area contributed by atoms with Crippen LogP contribution < -0.4 is 15.4 Å². The summed E-state index contributed by atoms with van der Waals surface area (Å²) in [7, 11) is 1.43.